The molecule has 0 heterocycles. The topological polar surface area (TPSA) is 68.8 Å². The van der Waals surface area contributed by atoms with E-state index in [0.717, 1.165) is 5.75 Å². The van der Waals surface area contributed by atoms with Crippen LogP contribution in [0.4, 0.5) is 5.69 Å². The number of amides is 1. The summed E-state index contributed by atoms with van der Waals surface area (Å²) in [5.74, 6) is 1.68. The number of anilines is 1. The Bertz CT molecular complexity index is 1040. The third-order valence-corrected chi connectivity index (χ3v) is 4.39. The van der Waals surface area contributed by atoms with Gasteiger partial charge in [-0.3, -0.25) is 10.1 Å². The zero-order valence-corrected chi connectivity index (χ0v) is 18.9. The van der Waals surface area contributed by atoms with Crippen LogP contribution in [0.1, 0.15) is 24.2 Å². The maximum absolute atomic E-state index is 12.6. The highest BCUT2D eigenvalue weighted by atomic mass is 32.1. The van der Waals surface area contributed by atoms with Crippen LogP contribution in [0.2, 0.25) is 0 Å². The predicted octanol–water partition coefficient (Wildman–Crippen LogP) is 5.06. The first-order chi connectivity index (χ1) is 15.5. The number of carbonyl (C=O) groups excluding carboxylic acids is 1. The Kier molecular flexibility index (Phi) is 8.45. The SMILES string of the molecule is CC(C)Oc1ccccc1NC(=S)NC(=O)c1cccc(OCCOc2ccccc2)c1. The minimum Gasteiger partial charge on any atom is -0.490 e. The number of benzene rings is 3. The van der Waals surface area contributed by atoms with E-state index in [1.165, 1.54) is 0 Å². The van der Waals surface area contributed by atoms with Gasteiger partial charge in [0.15, 0.2) is 5.11 Å². The largest absolute Gasteiger partial charge is 0.490 e. The highest BCUT2D eigenvalue weighted by Gasteiger charge is 2.11. The van der Waals surface area contributed by atoms with E-state index in [1.54, 1.807) is 24.3 Å². The summed E-state index contributed by atoms with van der Waals surface area (Å²) in [6, 6.07) is 23.8. The van der Waals surface area contributed by atoms with E-state index >= 15 is 0 Å². The molecule has 0 aliphatic carbocycles. The van der Waals surface area contributed by atoms with Gasteiger partial charge in [0.25, 0.3) is 5.91 Å². The lowest BCUT2D eigenvalue weighted by Gasteiger charge is -2.16. The van der Waals surface area contributed by atoms with Gasteiger partial charge >= 0.3 is 0 Å². The lowest BCUT2D eigenvalue weighted by molar-refractivity contribution is 0.0977. The molecule has 0 aromatic heterocycles. The Labute approximate surface area is 193 Å². The summed E-state index contributed by atoms with van der Waals surface area (Å²) >= 11 is 5.30. The summed E-state index contributed by atoms with van der Waals surface area (Å²) < 4.78 is 17.1. The van der Waals surface area contributed by atoms with Crippen molar-refractivity contribution in [2.75, 3.05) is 18.5 Å². The molecule has 0 fully saturated rings. The number of para-hydroxylation sites is 3. The van der Waals surface area contributed by atoms with Crippen LogP contribution >= 0.6 is 12.2 Å². The minimum absolute atomic E-state index is 0.0157. The van der Waals surface area contributed by atoms with Crippen molar-refractivity contribution in [2.45, 2.75) is 20.0 Å². The van der Waals surface area contributed by atoms with Gasteiger partial charge in [0.1, 0.15) is 30.5 Å². The zero-order chi connectivity index (χ0) is 22.8. The van der Waals surface area contributed by atoms with Crippen molar-refractivity contribution < 1.29 is 19.0 Å². The van der Waals surface area contributed by atoms with Crippen LogP contribution in [0.15, 0.2) is 78.9 Å². The van der Waals surface area contributed by atoms with E-state index in [1.807, 2.05) is 68.4 Å². The highest BCUT2D eigenvalue weighted by Crippen LogP contribution is 2.24. The Morgan fingerprint density at radius 2 is 1.53 bits per heavy atom. The number of hydrogen-bond acceptors (Lipinski definition) is 5. The van der Waals surface area contributed by atoms with Crippen LogP contribution in [-0.4, -0.2) is 30.3 Å². The molecule has 6 nitrogen and oxygen atoms in total. The number of hydrogen-bond donors (Lipinski definition) is 2. The van der Waals surface area contributed by atoms with E-state index in [2.05, 4.69) is 10.6 Å². The lowest BCUT2D eigenvalue weighted by Crippen LogP contribution is -2.34. The van der Waals surface area contributed by atoms with Crippen LogP contribution in [0.25, 0.3) is 0 Å². The van der Waals surface area contributed by atoms with Gasteiger partial charge in [-0.15, -0.1) is 0 Å². The predicted molar refractivity (Wildman–Crippen MR) is 130 cm³/mol. The van der Waals surface area contributed by atoms with E-state index in [9.17, 15) is 4.79 Å². The molecule has 32 heavy (non-hydrogen) atoms. The minimum atomic E-state index is -0.337. The Balaban J connectivity index is 1.51. The second-order valence-corrected chi connectivity index (χ2v) is 7.52. The first-order valence-electron chi connectivity index (χ1n) is 10.3. The molecule has 3 aromatic carbocycles. The van der Waals surface area contributed by atoms with Crippen molar-refractivity contribution in [3.8, 4) is 17.2 Å². The fraction of sp³-hybridized carbons (Fsp3) is 0.200. The van der Waals surface area contributed by atoms with Gasteiger partial charge < -0.3 is 19.5 Å². The average molecular weight is 451 g/mol. The number of carbonyl (C=O) groups is 1. The summed E-state index contributed by atoms with van der Waals surface area (Å²) in [7, 11) is 0. The third-order valence-electron chi connectivity index (χ3n) is 4.19. The molecular formula is C25H26N2O4S. The second-order valence-electron chi connectivity index (χ2n) is 7.11. The second kappa shape index (κ2) is 11.7. The first kappa shape index (κ1) is 23.1. The number of nitrogens with one attached hydrogen (secondary N) is 2. The molecule has 0 aliphatic heterocycles. The zero-order valence-electron chi connectivity index (χ0n) is 18.0. The van der Waals surface area contributed by atoms with E-state index in [0.29, 0.717) is 36.0 Å². The van der Waals surface area contributed by atoms with Crippen molar-refractivity contribution in [2.24, 2.45) is 0 Å². The fourth-order valence-electron chi connectivity index (χ4n) is 2.82. The molecule has 166 valence electrons. The number of rotatable bonds is 9. The van der Waals surface area contributed by atoms with E-state index in [4.69, 9.17) is 26.4 Å². The average Bonchev–Trinajstić information content (AvgIpc) is 2.78. The van der Waals surface area contributed by atoms with Crippen molar-refractivity contribution in [3.63, 3.8) is 0 Å². The smallest absolute Gasteiger partial charge is 0.257 e. The van der Waals surface area contributed by atoms with E-state index < -0.39 is 0 Å². The summed E-state index contributed by atoms with van der Waals surface area (Å²) in [4.78, 5) is 12.6. The number of ether oxygens (including phenoxy) is 3. The third kappa shape index (κ3) is 7.28. The van der Waals surface area contributed by atoms with Crippen LogP contribution in [0.3, 0.4) is 0 Å². The molecule has 0 saturated heterocycles. The van der Waals surface area contributed by atoms with Crippen LogP contribution < -0.4 is 24.8 Å². The summed E-state index contributed by atoms with van der Waals surface area (Å²) in [5, 5.41) is 5.88. The molecule has 0 atom stereocenters. The lowest BCUT2D eigenvalue weighted by atomic mass is 10.2. The van der Waals surface area contributed by atoms with Crippen molar-refractivity contribution in [3.05, 3.63) is 84.4 Å². The molecule has 0 spiro atoms. The van der Waals surface area contributed by atoms with E-state index in [-0.39, 0.29) is 17.1 Å². The maximum Gasteiger partial charge on any atom is 0.257 e. The molecule has 2 N–H and O–H groups in total. The highest BCUT2D eigenvalue weighted by molar-refractivity contribution is 7.80. The summed E-state index contributed by atoms with van der Waals surface area (Å²) in [6.07, 6.45) is 0.0157. The monoisotopic (exact) mass is 450 g/mol. The molecule has 1 amide bonds. The van der Waals surface area contributed by atoms with Crippen LogP contribution in [0, 0.1) is 0 Å². The summed E-state index contributed by atoms with van der Waals surface area (Å²) in [5.41, 5.74) is 1.12. The fourth-order valence-corrected chi connectivity index (χ4v) is 3.02. The molecule has 7 heteroatoms. The van der Waals surface area contributed by atoms with Gasteiger partial charge in [-0.1, -0.05) is 36.4 Å². The maximum atomic E-state index is 12.6. The molecule has 3 rings (SSSR count). The molecule has 0 bridgehead atoms. The normalized spacial score (nSPS) is 10.3. The summed E-state index contributed by atoms with van der Waals surface area (Å²) in [6.45, 7) is 4.64. The van der Waals surface area contributed by atoms with Crippen molar-refractivity contribution in [1.29, 1.82) is 0 Å². The molecule has 0 unspecified atom stereocenters. The van der Waals surface area contributed by atoms with Gasteiger partial charge in [-0.25, -0.2) is 0 Å². The van der Waals surface area contributed by atoms with Crippen LogP contribution in [-0.2, 0) is 0 Å². The Morgan fingerprint density at radius 1 is 0.875 bits per heavy atom. The van der Waals surface area contributed by atoms with Gasteiger partial charge in [0.05, 0.1) is 11.8 Å². The van der Waals surface area contributed by atoms with Crippen LogP contribution in [0.5, 0.6) is 17.2 Å². The number of thiocarbonyl (C=S) groups is 1. The Morgan fingerprint density at radius 3 is 2.28 bits per heavy atom. The van der Waals surface area contributed by atoms with Crippen molar-refractivity contribution >= 4 is 28.9 Å². The quantitative estimate of drug-likeness (QED) is 0.351. The molecule has 0 saturated carbocycles. The van der Waals surface area contributed by atoms with Gasteiger partial charge in [0, 0.05) is 5.56 Å². The molecular weight excluding hydrogens is 424 g/mol. The molecule has 3 aromatic rings. The Hall–Kier alpha value is -3.58. The van der Waals surface area contributed by atoms with Gasteiger partial charge in [-0.05, 0) is 68.5 Å². The van der Waals surface area contributed by atoms with Gasteiger partial charge in [0.2, 0.25) is 0 Å². The molecule has 0 radical (unpaired) electrons. The standard InChI is InChI=1S/C25H26N2O4S/c1-18(2)31-23-14-7-6-13-22(23)26-25(32)27-24(28)19-9-8-12-21(17-19)30-16-15-29-20-10-4-3-5-11-20/h3-14,17-18H,15-16H2,1-2H3,(H2,26,27,28,32). The first-order valence-corrected chi connectivity index (χ1v) is 10.7. The molecule has 0 aliphatic rings. The van der Waals surface area contributed by atoms with Gasteiger partial charge in [-0.2, -0.15) is 0 Å². The van der Waals surface area contributed by atoms with Crippen molar-refractivity contribution in [1.82, 2.24) is 5.32 Å².